The van der Waals surface area contributed by atoms with E-state index in [0.717, 1.165) is 38.6 Å². The summed E-state index contributed by atoms with van der Waals surface area (Å²) in [6.07, 6.45) is 5.04. The van der Waals surface area contributed by atoms with E-state index in [-0.39, 0.29) is 5.60 Å². The Hall–Kier alpha value is -0.120. The van der Waals surface area contributed by atoms with Crippen molar-refractivity contribution >= 4 is 0 Å². The second kappa shape index (κ2) is 5.89. The topological polar surface area (TPSA) is 41.5 Å². The van der Waals surface area contributed by atoms with Crippen LogP contribution in [0.2, 0.25) is 0 Å². The summed E-state index contributed by atoms with van der Waals surface area (Å²) in [6.45, 7) is 10.4. The van der Waals surface area contributed by atoms with Crippen molar-refractivity contribution in [2.45, 2.75) is 71.0 Å². The molecule has 0 aromatic carbocycles. The molecular formula is C15H31NO2. The largest absolute Gasteiger partial charge is 0.389 e. The van der Waals surface area contributed by atoms with Crippen molar-refractivity contribution in [1.82, 2.24) is 5.32 Å². The molecule has 1 aliphatic carbocycles. The molecule has 1 rings (SSSR count). The van der Waals surface area contributed by atoms with Crippen LogP contribution in [0.25, 0.3) is 0 Å². The molecule has 1 fully saturated rings. The van der Waals surface area contributed by atoms with Gasteiger partial charge in [0.05, 0.1) is 11.2 Å². The van der Waals surface area contributed by atoms with Gasteiger partial charge in [-0.3, -0.25) is 0 Å². The van der Waals surface area contributed by atoms with E-state index in [0.29, 0.717) is 12.0 Å². The Morgan fingerprint density at radius 2 is 1.72 bits per heavy atom. The van der Waals surface area contributed by atoms with E-state index in [1.807, 2.05) is 0 Å². The van der Waals surface area contributed by atoms with Crippen molar-refractivity contribution in [2.24, 2.45) is 5.41 Å². The number of hydrogen-bond acceptors (Lipinski definition) is 3. The molecule has 0 aliphatic heterocycles. The first-order valence-corrected chi connectivity index (χ1v) is 7.16. The van der Waals surface area contributed by atoms with Crippen LogP contribution in [0.3, 0.4) is 0 Å². The van der Waals surface area contributed by atoms with Crippen LogP contribution in [0.5, 0.6) is 0 Å². The Morgan fingerprint density at radius 3 is 2.22 bits per heavy atom. The van der Waals surface area contributed by atoms with Gasteiger partial charge in [-0.15, -0.1) is 0 Å². The lowest BCUT2D eigenvalue weighted by Crippen LogP contribution is -2.45. The fraction of sp³-hybridized carbons (Fsp3) is 1.00. The van der Waals surface area contributed by atoms with Gasteiger partial charge in [-0.05, 0) is 57.9 Å². The molecule has 0 spiro atoms. The average molecular weight is 257 g/mol. The predicted octanol–water partition coefficient (Wildman–Crippen LogP) is 2.72. The fourth-order valence-electron chi connectivity index (χ4n) is 2.38. The molecular weight excluding hydrogens is 226 g/mol. The Balaban J connectivity index is 2.23. The summed E-state index contributed by atoms with van der Waals surface area (Å²) in [5, 5.41) is 13.9. The third-order valence-corrected chi connectivity index (χ3v) is 4.44. The van der Waals surface area contributed by atoms with Crippen LogP contribution in [-0.4, -0.2) is 36.5 Å². The molecule has 0 heterocycles. The van der Waals surface area contributed by atoms with Gasteiger partial charge in [-0.2, -0.15) is 0 Å². The SMILES string of the molecule is COC(C)(C)CCNCC1(O)CCC(C)(C)CC1. The molecule has 0 saturated heterocycles. The van der Waals surface area contributed by atoms with Crippen LogP contribution in [0.4, 0.5) is 0 Å². The quantitative estimate of drug-likeness (QED) is 0.719. The number of hydrogen-bond donors (Lipinski definition) is 2. The lowest BCUT2D eigenvalue weighted by molar-refractivity contribution is -0.0267. The van der Waals surface area contributed by atoms with Crippen molar-refractivity contribution in [3.05, 3.63) is 0 Å². The third kappa shape index (κ3) is 5.25. The van der Waals surface area contributed by atoms with Gasteiger partial charge >= 0.3 is 0 Å². The number of aliphatic hydroxyl groups is 1. The minimum absolute atomic E-state index is 0.0792. The van der Waals surface area contributed by atoms with Crippen LogP contribution in [0.1, 0.15) is 59.8 Å². The van der Waals surface area contributed by atoms with Crippen molar-refractivity contribution in [1.29, 1.82) is 0 Å². The Labute approximate surface area is 112 Å². The molecule has 1 saturated carbocycles. The number of nitrogens with one attached hydrogen (secondary N) is 1. The van der Waals surface area contributed by atoms with E-state index >= 15 is 0 Å². The lowest BCUT2D eigenvalue weighted by atomic mass is 9.71. The molecule has 18 heavy (non-hydrogen) atoms. The molecule has 108 valence electrons. The maximum atomic E-state index is 10.5. The Morgan fingerprint density at radius 1 is 1.17 bits per heavy atom. The summed E-state index contributed by atoms with van der Waals surface area (Å²) in [5.41, 5.74) is -0.165. The summed E-state index contributed by atoms with van der Waals surface area (Å²) < 4.78 is 5.38. The molecule has 0 aromatic heterocycles. The van der Waals surface area contributed by atoms with Gasteiger partial charge in [-0.1, -0.05) is 13.8 Å². The van der Waals surface area contributed by atoms with Gasteiger partial charge in [0.1, 0.15) is 0 Å². The normalized spacial score (nSPS) is 23.0. The zero-order valence-electron chi connectivity index (χ0n) is 12.8. The van der Waals surface area contributed by atoms with Crippen molar-refractivity contribution in [3.63, 3.8) is 0 Å². The molecule has 3 nitrogen and oxygen atoms in total. The van der Waals surface area contributed by atoms with Gasteiger partial charge in [-0.25, -0.2) is 0 Å². The molecule has 2 N–H and O–H groups in total. The van der Waals surface area contributed by atoms with Gasteiger partial charge < -0.3 is 15.2 Å². The van der Waals surface area contributed by atoms with E-state index < -0.39 is 5.60 Å². The highest BCUT2D eigenvalue weighted by atomic mass is 16.5. The summed E-state index contributed by atoms with van der Waals surface area (Å²) in [4.78, 5) is 0. The van der Waals surface area contributed by atoms with Gasteiger partial charge in [0, 0.05) is 13.7 Å². The van der Waals surface area contributed by atoms with E-state index in [4.69, 9.17) is 4.74 Å². The van der Waals surface area contributed by atoms with Crippen LogP contribution in [-0.2, 0) is 4.74 Å². The second-order valence-corrected chi connectivity index (χ2v) is 7.28. The first-order valence-electron chi connectivity index (χ1n) is 7.16. The third-order valence-electron chi connectivity index (χ3n) is 4.44. The first-order chi connectivity index (χ1) is 8.18. The van der Waals surface area contributed by atoms with E-state index in [2.05, 4.69) is 33.0 Å². The molecule has 1 aliphatic rings. The van der Waals surface area contributed by atoms with Gasteiger partial charge in [0.2, 0.25) is 0 Å². The predicted molar refractivity (Wildman–Crippen MR) is 75.8 cm³/mol. The van der Waals surface area contributed by atoms with E-state index in [1.165, 1.54) is 0 Å². The van der Waals surface area contributed by atoms with Crippen LogP contribution < -0.4 is 5.32 Å². The van der Waals surface area contributed by atoms with Crippen molar-refractivity contribution in [2.75, 3.05) is 20.2 Å². The first kappa shape index (κ1) is 15.9. The van der Waals surface area contributed by atoms with Crippen LogP contribution >= 0.6 is 0 Å². The highest BCUT2D eigenvalue weighted by molar-refractivity contribution is 4.90. The molecule has 0 atom stereocenters. The molecule has 0 amide bonds. The maximum absolute atomic E-state index is 10.5. The van der Waals surface area contributed by atoms with E-state index in [1.54, 1.807) is 7.11 Å². The Kier molecular flexibility index (Phi) is 5.22. The summed E-state index contributed by atoms with van der Waals surface area (Å²) in [5.74, 6) is 0. The zero-order valence-corrected chi connectivity index (χ0v) is 12.8. The number of ether oxygens (including phenoxy) is 1. The number of rotatable bonds is 6. The highest BCUT2D eigenvalue weighted by Gasteiger charge is 2.36. The summed E-state index contributed by atoms with van der Waals surface area (Å²) >= 11 is 0. The molecule has 3 heteroatoms. The number of methoxy groups -OCH3 is 1. The summed E-state index contributed by atoms with van der Waals surface area (Å²) in [6, 6.07) is 0. The monoisotopic (exact) mass is 257 g/mol. The zero-order chi connectivity index (χ0) is 13.9. The lowest BCUT2D eigenvalue weighted by Gasteiger charge is -2.40. The minimum atomic E-state index is -0.493. The fourth-order valence-corrected chi connectivity index (χ4v) is 2.38. The van der Waals surface area contributed by atoms with Crippen molar-refractivity contribution in [3.8, 4) is 0 Å². The van der Waals surface area contributed by atoms with Crippen LogP contribution in [0, 0.1) is 5.41 Å². The minimum Gasteiger partial charge on any atom is -0.389 e. The Bertz CT molecular complexity index is 251. The maximum Gasteiger partial charge on any atom is 0.0772 e. The average Bonchev–Trinajstić information content (AvgIpc) is 2.30. The molecule has 0 unspecified atom stereocenters. The standard InChI is InChI=1S/C15H31NO2/c1-13(2)6-8-15(17,9-7-13)12-16-11-10-14(3,4)18-5/h16-17H,6-12H2,1-5H3. The van der Waals surface area contributed by atoms with Crippen LogP contribution in [0.15, 0.2) is 0 Å². The van der Waals surface area contributed by atoms with Crippen molar-refractivity contribution < 1.29 is 9.84 Å². The molecule has 0 radical (unpaired) electrons. The highest BCUT2D eigenvalue weighted by Crippen LogP contribution is 2.39. The van der Waals surface area contributed by atoms with E-state index in [9.17, 15) is 5.11 Å². The van der Waals surface area contributed by atoms with Gasteiger partial charge in [0.15, 0.2) is 0 Å². The smallest absolute Gasteiger partial charge is 0.0772 e. The molecule has 0 aromatic rings. The molecule has 0 bridgehead atoms. The van der Waals surface area contributed by atoms with Gasteiger partial charge in [0.25, 0.3) is 0 Å². The summed E-state index contributed by atoms with van der Waals surface area (Å²) in [7, 11) is 1.75. The second-order valence-electron chi connectivity index (χ2n) is 7.28.